The quantitative estimate of drug-likeness (QED) is 0.861. The van der Waals surface area contributed by atoms with Crippen molar-refractivity contribution < 1.29 is 9.90 Å². The molecule has 106 valence electrons. The van der Waals surface area contributed by atoms with E-state index in [1.807, 2.05) is 14.0 Å². The number of rotatable bonds is 4. The average Bonchev–Trinajstić information content (AvgIpc) is 2.77. The van der Waals surface area contributed by atoms with Gasteiger partial charge in [0.15, 0.2) is 0 Å². The van der Waals surface area contributed by atoms with Crippen LogP contribution in [-0.4, -0.2) is 33.4 Å². The highest BCUT2D eigenvalue weighted by Gasteiger charge is 2.21. The Bertz CT molecular complexity index is 442. The van der Waals surface area contributed by atoms with Crippen LogP contribution in [0.2, 0.25) is 0 Å². The molecule has 1 aliphatic rings. The SMILES string of the molecule is CCc1nn(C)cc1C(=O)NCC1CCCC(O)C1. The van der Waals surface area contributed by atoms with Crippen molar-refractivity contribution in [2.24, 2.45) is 13.0 Å². The Kier molecular flexibility index (Phi) is 4.58. The van der Waals surface area contributed by atoms with Gasteiger partial charge in [0.1, 0.15) is 0 Å². The molecule has 1 aromatic rings. The number of aliphatic hydroxyl groups excluding tert-OH is 1. The van der Waals surface area contributed by atoms with E-state index in [4.69, 9.17) is 0 Å². The van der Waals surface area contributed by atoms with Gasteiger partial charge in [-0.3, -0.25) is 9.48 Å². The maximum Gasteiger partial charge on any atom is 0.254 e. The van der Waals surface area contributed by atoms with Crippen LogP contribution in [0.15, 0.2) is 6.20 Å². The van der Waals surface area contributed by atoms with Crippen molar-refractivity contribution in [3.8, 4) is 0 Å². The Morgan fingerprint density at radius 1 is 1.58 bits per heavy atom. The summed E-state index contributed by atoms with van der Waals surface area (Å²) in [5, 5.41) is 16.9. The first-order valence-corrected chi connectivity index (χ1v) is 7.09. The number of amides is 1. The minimum absolute atomic E-state index is 0.0509. The Morgan fingerprint density at radius 3 is 3.05 bits per heavy atom. The van der Waals surface area contributed by atoms with Crippen molar-refractivity contribution in [2.75, 3.05) is 6.54 Å². The predicted octanol–water partition coefficient (Wildman–Crippen LogP) is 1.26. The highest BCUT2D eigenvalue weighted by atomic mass is 16.3. The van der Waals surface area contributed by atoms with E-state index in [1.165, 1.54) is 0 Å². The molecule has 5 nitrogen and oxygen atoms in total. The summed E-state index contributed by atoms with van der Waals surface area (Å²) in [6, 6.07) is 0. The van der Waals surface area contributed by atoms with Gasteiger partial charge in [0.25, 0.3) is 5.91 Å². The van der Waals surface area contributed by atoms with E-state index in [0.29, 0.717) is 18.0 Å². The lowest BCUT2D eigenvalue weighted by atomic mass is 9.87. The zero-order valence-electron chi connectivity index (χ0n) is 11.7. The molecule has 0 radical (unpaired) electrons. The third-order valence-electron chi connectivity index (χ3n) is 3.79. The summed E-state index contributed by atoms with van der Waals surface area (Å²) in [5.74, 6) is 0.347. The Balaban J connectivity index is 1.90. The molecule has 2 rings (SSSR count). The molecule has 0 aliphatic heterocycles. The largest absolute Gasteiger partial charge is 0.393 e. The van der Waals surface area contributed by atoms with Crippen molar-refractivity contribution in [1.82, 2.24) is 15.1 Å². The maximum atomic E-state index is 12.1. The lowest BCUT2D eigenvalue weighted by Crippen LogP contribution is -2.33. The van der Waals surface area contributed by atoms with Gasteiger partial charge < -0.3 is 10.4 Å². The number of carbonyl (C=O) groups excluding carboxylic acids is 1. The van der Waals surface area contributed by atoms with E-state index in [2.05, 4.69) is 10.4 Å². The van der Waals surface area contributed by atoms with Crippen molar-refractivity contribution in [3.05, 3.63) is 17.5 Å². The molecule has 1 saturated carbocycles. The van der Waals surface area contributed by atoms with Gasteiger partial charge in [0, 0.05) is 19.8 Å². The van der Waals surface area contributed by atoms with Crippen LogP contribution in [0.25, 0.3) is 0 Å². The summed E-state index contributed by atoms with van der Waals surface area (Å²) < 4.78 is 1.68. The molecular formula is C14H23N3O2. The van der Waals surface area contributed by atoms with Crippen LogP contribution in [0.4, 0.5) is 0 Å². The third-order valence-corrected chi connectivity index (χ3v) is 3.79. The van der Waals surface area contributed by atoms with E-state index >= 15 is 0 Å². The lowest BCUT2D eigenvalue weighted by molar-refractivity contribution is 0.0873. The van der Waals surface area contributed by atoms with E-state index < -0.39 is 0 Å². The molecule has 2 unspecified atom stereocenters. The zero-order chi connectivity index (χ0) is 13.8. The van der Waals surface area contributed by atoms with Crippen LogP contribution in [0.5, 0.6) is 0 Å². The molecule has 5 heteroatoms. The molecule has 19 heavy (non-hydrogen) atoms. The van der Waals surface area contributed by atoms with Crippen molar-refractivity contribution in [3.63, 3.8) is 0 Å². The van der Waals surface area contributed by atoms with E-state index in [-0.39, 0.29) is 12.0 Å². The number of hydrogen-bond donors (Lipinski definition) is 2. The van der Waals surface area contributed by atoms with Crippen LogP contribution in [-0.2, 0) is 13.5 Å². The van der Waals surface area contributed by atoms with Crippen molar-refractivity contribution in [1.29, 1.82) is 0 Å². The molecule has 0 aromatic carbocycles. The Labute approximate surface area is 114 Å². The Morgan fingerprint density at radius 2 is 2.37 bits per heavy atom. The molecule has 0 bridgehead atoms. The minimum atomic E-state index is -0.194. The molecule has 1 amide bonds. The van der Waals surface area contributed by atoms with Gasteiger partial charge in [-0.15, -0.1) is 0 Å². The summed E-state index contributed by atoms with van der Waals surface area (Å²) in [7, 11) is 1.83. The number of hydrogen-bond acceptors (Lipinski definition) is 3. The molecule has 1 aliphatic carbocycles. The molecule has 1 aromatic heterocycles. The van der Waals surface area contributed by atoms with Gasteiger partial charge in [-0.1, -0.05) is 13.3 Å². The second kappa shape index (κ2) is 6.19. The molecule has 0 saturated heterocycles. The number of aliphatic hydroxyl groups is 1. The van der Waals surface area contributed by atoms with Gasteiger partial charge >= 0.3 is 0 Å². The second-order valence-corrected chi connectivity index (χ2v) is 5.41. The third kappa shape index (κ3) is 3.56. The van der Waals surface area contributed by atoms with Crippen LogP contribution in [0.1, 0.15) is 48.7 Å². The molecular weight excluding hydrogens is 242 g/mol. The van der Waals surface area contributed by atoms with Crippen LogP contribution < -0.4 is 5.32 Å². The Hall–Kier alpha value is -1.36. The second-order valence-electron chi connectivity index (χ2n) is 5.41. The smallest absolute Gasteiger partial charge is 0.254 e. The average molecular weight is 265 g/mol. The highest BCUT2D eigenvalue weighted by molar-refractivity contribution is 5.95. The van der Waals surface area contributed by atoms with Gasteiger partial charge in [0.2, 0.25) is 0 Å². The summed E-state index contributed by atoms with van der Waals surface area (Å²) in [5.41, 5.74) is 1.50. The first-order valence-electron chi connectivity index (χ1n) is 7.09. The van der Waals surface area contributed by atoms with Gasteiger partial charge in [-0.05, 0) is 31.6 Å². The highest BCUT2D eigenvalue weighted by Crippen LogP contribution is 2.23. The lowest BCUT2D eigenvalue weighted by Gasteiger charge is -2.25. The number of nitrogens with one attached hydrogen (secondary N) is 1. The molecule has 0 spiro atoms. The van der Waals surface area contributed by atoms with Crippen LogP contribution in [0.3, 0.4) is 0 Å². The van der Waals surface area contributed by atoms with E-state index in [9.17, 15) is 9.90 Å². The fourth-order valence-electron chi connectivity index (χ4n) is 2.77. The fraction of sp³-hybridized carbons (Fsp3) is 0.714. The summed E-state index contributed by atoms with van der Waals surface area (Å²) in [4.78, 5) is 12.1. The maximum absolute atomic E-state index is 12.1. The van der Waals surface area contributed by atoms with Crippen LogP contribution in [0, 0.1) is 5.92 Å². The predicted molar refractivity (Wildman–Crippen MR) is 72.9 cm³/mol. The van der Waals surface area contributed by atoms with Gasteiger partial charge in [0.05, 0.1) is 17.4 Å². The van der Waals surface area contributed by atoms with E-state index in [1.54, 1.807) is 10.9 Å². The number of carbonyl (C=O) groups is 1. The molecule has 2 atom stereocenters. The first-order chi connectivity index (χ1) is 9.10. The summed E-state index contributed by atoms with van der Waals surface area (Å²) in [6.45, 7) is 2.64. The summed E-state index contributed by atoms with van der Waals surface area (Å²) >= 11 is 0. The van der Waals surface area contributed by atoms with Gasteiger partial charge in [-0.25, -0.2) is 0 Å². The molecule has 2 N–H and O–H groups in total. The number of nitrogens with zero attached hydrogens (tertiary/aromatic N) is 2. The topological polar surface area (TPSA) is 67.2 Å². The molecule has 1 fully saturated rings. The molecule has 1 heterocycles. The number of aromatic nitrogens is 2. The fourth-order valence-corrected chi connectivity index (χ4v) is 2.77. The van der Waals surface area contributed by atoms with Crippen LogP contribution >= 0.6 is 0 Å². The van der Waals surface area contributed by atoms with Crippen molar-refractivity contribution in [2.45, 2.75) is 45.1 Å². The van der Waals surface area contributed by atoms with Gasteiger partial charge in [-0.2, -0.15) is 5.10 Å². The zero-order valence-corrected chi connectivity index (χ0v) is 11.7. The first kappa shape index (κ1) is 14.1. The minimum Gasteiger partial charge on any atom is -0.393 e. The van der Waals surface area contributed by atoms with E-state index in [0.717, 1.165) is 37.8 Å². The monoisotopic (exact) mass is 265 g/mol. The summed E-state index contributed by atoms with van der Waals surface area (Å²) in [6.07, 6.45) is 6.16. The van der Waals surface area contributed by atoms with Crippen molar-refractivity contribution >= 4 is 5.91 Å². The normalized spacial score (nSPS) is 23.3. The number of aryl methyl sites for hydroxylation is 2. The standard InChI is InChI=1S/C14H23N3O2/c1-3-13-12(9-17(2)16-13)14(19)15-8-10-5-4-6-11(18)7-10/h9-11,18H,3-8H2,1-2H3,(H,15,19).